The number of phenolic OH excluding ortho intramolecular Hbond substituents is 1. The van der Waals surface area contributed by atoms with E-state index in [9.17, 15) is 19.8 Å². The third kappa shape index (κ3) is 7.85. The highest BCUT2D eigenvalue weighted by atomic mass is 32.1. The number of benzene rings is 2. The van der Waals surface area contributed by atoms with Gasteiger partial charge in [0.25, 0.3) is 0 Å². The van der Waals surface area contributed by atoms with Crippen molar-refractivity contribution in [2.75, 3.05) is 49.5 Å². The number of para-hydroxylation sites is 1. The number of aryl methyl sites for hydroxylation is 1. The fraction of sp³-hybridized carbons (Fsp3) is 0.467. The van der Waals surface area contributed by atoms with Crippen LogP contribution in [0.25, 0.3) is 21.7 Å². The predicted octanol–water partition coefficient (Wildman–Crippen LogP) is 5.79. The van der Waals surface area contributed by atoms with Gasteiger partial charge in [-0.25, -0.2) is 4.98 Å². The molecule has 3 fully saturated rings. The van der Waals surface area contributed by atoms with Crippen molar-refractivity contribution in [2.45, 2.75) is 83.0 Å². The minimum atomic E-state index is -0.799. The Balaban J connectivity index is 0.772. The van der Waals surface area contributed by atoms with E-state index in [-0.39, 0.29) is 48.0 Å². The summed E-state index contributed by atoms with van der Waals surface area (Å²) in [4.78, 5) is 39.8. The van der Waals surface area contributed by atoms with Crippen LogP contribution in [0.3, 0.4) is 0 Å². The first-order chi connectivity index (χ1) is 28.9. The van der Waals surface area contributed by atoms with Crippen LogP contribution in [-0.4, -0.2) is 109 Å². The van der Waals surface area contributed by atoms with Crippen molar-refractivity contribution in [2.24, 2.45) is 11.8 Å². The van der Waals surface area contributed by atoms with Crippen molar-refractivity contribution < 1.29 is 24.3 Å². The van der Waals surface area contributed by atoms with Crippen molar-refractivity contribution in [3.8, 4) is 27.4 Å². The number of hydrogen-bond acceptors (Lipinski definition) is 13. The predicted molar refractivity (Wildman–Crippen MR) is 230 cm³/mol. The quantitative estimate of drug-likeness (QED) is 0.127. The number of nitrogens with zero attached hydrogens (tertiary/aromatic N) is 7. The molecule has 15 heteroatoms. The highest BCUT2D eigenvalue weighted by Crippen LogP contribution is 2.40. The molecule has 314 valence electrons. The third-order valence-corrected chi connectivity index (χ3v) is 13.8. The minimum Gasteiger partial charge on any atom is -0.507 e. The summed E-state index contributed by atoms with van der Waals surface area (Å²) in [6, 6.07) is 18.2. The number of carbonyl (C=O) groups excluding carboxylic acids is 2. The zero-order chi connectivity index (χ0) is 41.7. The summed E-state index contributed by atoms with van der Waals surface area (Å²) in [5, 5.41) is 41.1. The van der Waals surface area contributed by atoms with Gasteiger partial charge in [0.15, 0.2) is 17.4 Å². The fourth-order valence-corrected chi connectivity index (χ4v) is 10.5. The van der Waals surface area contributed by atoms with Crippen molar-refractivity contribution in [1.29, 1.82) is 0 Å². The molecule has 7 heterocycles. The van der Waals surface area contributed by atoms with E-state index >= 15 is 0 Å². The molecule has 60 heavy (non-hydrogen) atoms. The number of fused-ring (bicyclic) bond motifs is 1. The van der Waals surface area contributed by atoms with Gasteiger partial charge in [0.2, 0.25) is 11.8 Å². The molecule has 1 unspecified atom stereocenters. The van der Waals surface area contributed by atoms with Crippen molar-refractivity contribution in [1.82, 2.24) is 35.5 Å². The second-order valence-corrected chi connectivity index (χ2v) is 18.5. The van der Waals surface area contributed by atoms with Crippen LogP contribution in [0, 0.1) is 18.8 Å². The molecule has 5 aromatic rings. The van der Waals surface area contributed by atoms with Gasteiger partial charge >= 0.3 is 0 Å². The summed E-state index contributed by atoms with van der Waals surface area (Å²) in [6.45, 7) is 12.6. The summed E-state index contributed by atoms with van der Waals surface area (Å²) in [5.41, 5.74) is 7.34. The Bertz CT molecular complexity index is 2350. The maximum atomic E-state index is 14.3. The lowest BCUT2D eigenvalue weighted by Gasteiger charge is -2.50. The van der Waals surface area contributed by atoms with E-state index in [1.807, 2.05) is 81.7 Å². The number of thiazole rings is 1. The van der Waals surface area contributed by atoms with Crippen LogP contribution in [0.1, 0.15) is 74.6 Å². The molecule has 0 radical (unpaired) electrons. The molecule has 3 saturated heterocycles. The van der Waals surface area contributed by atoms with Gasteiger partial charge < -0.3 is 35.2 Å². The molecule has 3 aromatic heterocycles. The summed E-state index contributed by atoms with van der Waals surface area (Å²) < 4.78 is 5.90. The van der Waals surface area contributed by atoms with Gasteiger partial charge in [0.05, 0.1) is 39.5 Å². The smallest absolute Gasteiger partial charge is 0.243 e. The number of rotatable bonds is 11. The monoisotopic (exact) mass is 831 g/mol. The van der Waals surface area contributed by atoms with E-state index in [1.165, 1.54) is 4.90 Å². The number of aliphatic hydroxyl groups is 1. The van der Waals surface area contributed by atoms with Crippen LogP contribution in [0.5, 0.6) is 5.75 Å². The molecule has 4 N–H and O–H groups in total. The van der Waals surface area contributed by atoms with Crippen LogP contribution in [0.2, 0.25) is 0 Å². The maximum Gasteiger partial charge on any atom is 0.243 e. The maximum absolute atomic E-state index is 14.3. The molecule has 9 rings (SSSR count). The Hall–Kier alpha value is -5.38. The molecule has 2 amide bonds. The van der Waals surface area contributed by atoms with Crippen LogP contribution in [-0.2, 0) is 16.0 Å². The van der Waals surface area contributed by atoms with Gasteiger partial charge in [-0.05, 0) is 67.9 Å². The molecule has 4 aliphatic heterocycles. The third-order valence-electron chi connectivity index (χ3n) is 12.9. The molecule has 0 saturated carbocycles. The second-order valence-electron chi connectivity index (χ2n) is 17.6. The van der Waals surface area contributed by atoms with Gasteiger partial charge in [-0.1, -0.05) is 55.4 Å². The van der Waals surface area contributed by atoms with Crippen molar-refractivity contribution in [3.05, 3.63) is 88.8 Å². The number of hydrogen-bond donors (Lipinski definition) is 4. The molecule has 2 aromatic carbocycles. The average Bonchev–Trinajstić information content (AvgIpc) is 4.04. The van der Waals surface area contributed by atoms with Crippen LogP contribution >= 0.6 is 11.3 Å². The van der Waals surface area contributed by atoms with Crippen LogP contribution in [0.15, 0.2) is 70.7 Å². The molecule has 14 nitrogen and oxygen atoms in total. The number of aliphatic hydroxyl groups excluding tert-OH is 1. The Morgan fingerprint density at radius 2 is 1.82 bits per heavy atom. The van der Waals surface area contributed by atoms with Crippen molar-refractivity contribution >= 4 is 34.8 Å². The zero-order valence-electron chi connectivity index (χ0n) is 34.5. The first kappa shape index (κ1) is 40.0. The number of anilines is 2. The molecule has 1 spiro atoms. The van der Waals surface area contributed by atoms with Gasteiger partial charge in [-0.2, -0.15) is 0 Å². The molecular formula is C45H53N9O5S. The first-order valence-corrected chi connectivity index (χ1v) is 22.0. The number of carbonyl (C=O) groups is 2. The molecule has 4 atom stereocenters. The number of phenols is 1. The van der Waals surface area contributed by atoms with E-state index in [0.717, 1.165) is 90.9 Å². The van der Waals surface area contributed by atoms with Crippen LogP contribution < -0.4 is 15.5 Å². The lowest BCUT2D eigenvalue weighted by Crippen LogP contribution is -2.66. The van der Waals surface area contributed by atoms with Crippen molar-refractivity contribution in [3.63, 3.8) is 0 Å². The lowest BCUT2D eigenvalue weighted by molar-refractivity contribution is -0.141. The Morgan fingerprint density at radius 1 is 1.05 bits per heavy atom. The fourth-order valence-electron chi connectivity index (χ4n) is 9.68. The van der Waals surface area contributed by atoms with E-state index < -0.39 is 18.1 Å². The topological polar surface area (TPSA) is 173 Å². The van der Waals surface area contributed by atoms with E-state index in [1.54, 1.807) is 23.5 Å². The number of nitrogens with one attached hydrogen (secondary N) is 2. The largest absolute Gasteiger partial charge is 0.507 e. The van der Waals surface area contributed by atoms with Gasteiger partial charge in [0, 0.05) is 69.3 Å². The van der Waals surface area contributed by atoms with Crippen LogP contribution in [0.4, 0.5) is 11.6 Å². The minimum absolute atomic E-state index is 0.0267. The van der Waals surface area contributed by atoms with E-state index in [2.05, 4.69) is 40.8 Å². The zero-order valence-corrected chi connectivity index (χ0v) is 35.4. The van der Waals surface area contributed by atoms with Gasteiger partial charge in [0.1, 0.15) is 17.7 Å². The highest BCUT2D eigenvalue weighted by Gasteiger charge is 2.48. The number of aromatic hydroxyl groups is 1. The number of piperidine rings is 1. The summed E-state index contributed by atoms with van der Waals surface area (Å²) in [7, 11) is 0. The van der Waals surface area contributed by atoms with Gasteiger partial charge in [-0.15, -0.1) is 21.5 Å². The Kier molecular flexibility index (Phi) is 10.8. The normalized spacial score (nSPS) is 21.2. The second kappa shape index (κ2) is 16.2. The Labute approximate surface area is 354 Å². The molecule has 0 aliphatic carbocycles. The summed E-state index contributed by atoms with van der Waals surface area (Å²) in [5.74, 6) is 1.50. The number of aromatic nitrogens is 4. The number of likely N-dealkylation sites (tertiary alicyclic amines) is 2. The average molecular weight is 832 g/mol. The van der Waals surface area contributed by atoms with E-state index in [4.69, 9.17) is 4.52 Å². The first-order valence-electron chi connectivity index (χ1n) is 21.1. The molecule has 0 bridgehead atoms. The molecule has 4 aliphatic rings. The molecular weight excluding hydrogens is 779 g/mol. The lowest BCUT2D eigenvalue weighted by atomic mass is 9.85. The SMILES string of the molecule is Cc1ncsc1-c1ccc([C@H](C)NC(=O)[C@@H]2C[C@@H](O)CN2C(=O)C(c2cc(N3CCC(CN4CC5(Cc6cc(-c7ccccc7O)nnc6N5)C4)CC3)no2)C(C)C)cc1. The standard InChI is InChI=1S/C45H53N9O5S/c1-26(2)40(44(58)54-22-33(55)18-36(54)43(57)47-27(3)30-9-11-31(12-10-30)41-28(4)46-25-60-41)38-19-39(51-59-38)53-15-13-29(14-16-53)21-52-23-45(24-52)20-32-17-35(49-50-42(32)48-45)34-7-5-6-8-37(34)56/h5-12,17,19,25-27,29,33,36,40,55-56H,13-16,18,20-24H2,1-4H3,(H,47,57)(H,48,50)/t27-,33+,36-,40?/m0/s1. The summed E-state index contributed by atoms with van der Waals surface area (Å²) in [6.07, 6.45) is 2.31. The summed E-state index contributed by atoms with van der Waals surface area (Å²) >= 11 is 1.60. The van der Waals surface area contributed by atoms with E-state index in [0.29, 0.717) is 22.9 Å². The highest BCUT2D eigenvalue weighted by molar-refractivity contribution is 7.13. The number of amides is 2. The van der Waals surface area contributed by atoms with Gasteiger partial charge in [-0.3, -0.25) is 14.5 Å². The number of β-amino-alcohol motifs (C(OH)–C–C–N with tert-alkyl or cyclic N) is 1. The Morgan fingerprint density at radius 3 is 2.53 bits per heavy atom.